The molecule has 0 spiro atoms. The van der Waals surface area contributed by atoms with Gasteiger partial charge in [0.1, 0.15) is 0 Å². The molecule has 0 aliphatic heterocycles. The van der Waals surface area contributed by atoms with Gasteiger partial charge < -0.3 is 0 Å². The number of nitrogens with one attached hydrogen (secondary N) is 1. The minimum Gasteiger partial charge on any atom is -0.278 e. The molecule has 0 fully saturated rings. The summed E-state index contributed by atoms with van der Waals surface area (Å²) in [6.07, 6.45) is 4.45. The quantitative estimate of drug-likeness (QED) is 0.571. The van der Waals surface area contributed by atoms with Crippen LogP contribution in [-0.2, 0) is 21.9 Å². The number of unbranched alkanes of at least 4 members (excludes halogenated alkanes) is 2. The molecule has 0 radical (unpaired) electrons. The normalized spacial score (nSPS) is 12.2. The fraction of sp³-hybridized carbons (Fsp3) is 0.429. The molecule has 0 aliphatic carbocycles. The van der Waals surface area contributed by atoms with Gasteiger partial charge in [-0.3, -0.25) is 4.72 Å². The topological polar surface area (TPSA) is 46.2 Å². The van der Waals surface area contributed by atoms with Crippen molar-refractivity contribution in [3.8, 4) is 0 Å². The van der Waals surface area contributed by atoms with Crippen LogP contribution in [0.2, 0.25) is 5.02 Å². The molecule has 0 saturated heterocycles. The molecule has 5 heteroatoms. The summed E-state index contributed by atoms with van der Waals surface area (Å²) in [7, 11) is -3.66. The van der Waals surface area contributed by atoms with Crippen molar-refractivity contribution >= 4 is 27.3 Å². The maximum absolute atomic E-state index is 12.6. The number of aryl methyl sites for hydroxylation is 1. The van der Waals surface area contributed by atoms with Crippen molar-refractivity contribution in [1.82, 2.24) is 0 Å². The van der Waals surface area contributed by atoms with Crippen molar-refractivity contribution in [3.05, 3.63) is 58.6 Å². The third-order valence-electron chi connectivity index (χ3n) is 4.38. The number of anilines is 1. The SMILES string of the molecule is CCCCCc1ccc(S(=O)(=O)Nc2ccc(C(C)(C)C)cc2Cl)cc1. The van der Waals surface area contributed by atoms with Crippen LogP contribution in [0.15, 0.2) is 47.4 Å². The fourth-order valence-corrected chi connectivity index (χ4v) is 4.05. The molecular formula is C21H28ClNO2S. The van der Waals surface area contributed by atoms with Gasteiger partial charge in [0.15, 0.2) is 0 Å². The van der Waals surface area contributed by atoms with Gasteiger partial charge in [-0.25, -0.2) is 8.42 Å². The lowest BCUT2D eigenvalue weighted by Crippen LogP contribution is -2.15. The van der Waals surface area contributed by atoms with E-state index in [0.717, 1.165) is 24.0 Å². The first kappa shape index (κ1) is 20.8. The van der Waals surface area contributed by atoms with Crippen LogP contribution in [0.1, 0.15) is 58.1 Å². The van der Waals surface area contributed by atoms with Gasteiger partial charge in [0.25, 0.3) is 10.0 Å². The van der Waals surface area contributed by atoms with Crippen molar-refractivity contribution in [3.63, 3.8) is 0 Å². The van der Waals surface area contributed by atoms with E-state index in [1.165, 1.54) is 12.8 Å². The van der Waals surface area contributed by atoms with E-state index in [0.29, 0.717) is 10.7 Å². The Balaban J connectivity index is 2.16. The maximum Gasteiger partial charge on any atom is 0.261 e. The molecule has 2 aromatic carbocycles. The van der Waals surface area contributed by atoms with Crippen molar-refractivity contribution < 1.29 is 8.42 Å². The van der Waals surface area contributed by atoms with Gasteiger partial charge in [-0.2, -0.15) is 0 Å². The van der Waals surface area contributed by atoms with E-state index >= 15 is 0 Å². The summed E-state index contributed by atoms with van der Waals surface area (Å²) in [5.74, 6) is 0. The molecule has 0 aromatic heterocycles. The van der Waals surface area contributed by atoms with Gasteiger partial charge >= 0.3 is 0 Å². The number of hydrogen-bond donors (Lipinski definition) is 1. The van der Waals surface area contributed by atoms with Crippen molar-refractivity contribution in [2.24, 2.45) is 0 Å². The molecule has 2 rings (SSSR count). The summed E-state index contributed by atoms with van der Waals surface area (Å²) in [6, 6.07) is 12.5. The number of rotatable bonds is 7. The van der Waals surface area contributed by atoms with Crippen LogP contribution < -0.4 is 4.72 Å². The minimum atomic E-state index is -3.66. The van der Waals surface area contributed by atoms with E-state index in [2.05, 4.69) is 32.4 Å². The molecule has 2 aromatic rings. The van der Waals surface area contributed by atoms with Crippen LogP contribution in [-0.4, -0.2) is 8.42 Å². The Labute approximate surface area is 162 Å². The zero-order chi connectivity index (χ0) is 19.4. The lowest BCUT2D eigenvalue weighted by molar-refractivity contribution is 0.590. The number of benzene rings is 2. The van der Waals surface area contributed by atoms with Gasteiger partial charge in [-0.15, -0.1) is 0 Å². The maximum atomic E-state index is 12.6. The van der Waals surface area contributed by atoms with E-state index in [1.54, 1.807) is 18.2 Å². The third kappa shape index (κ3) is 5.49. The monoisotopic (exact) mass is 393 g/mol. The van der Waals surface area contributed by atoms with Gasteiger partial charge in [-0.1, -0.05) is 70.3 Å². The Morgan fingerprint density at radius 2 is 1.65 bits per heavy atom. The summed E-state index contributed by atoms with van der Waals surface area (Å²) in [5, 5.41) is 0.400. The number of hydrogen-bond acceptors (Lipinski definition) is 2. The minimum absolute atomic E-state index is 0.0470. The lowest BCUT2D eigenvalue weighted by atomic mass is 9.87. The second-order valence-electron chi connectivity index (χ2n) is 7.65. The number of sulfonamides is 1. The van der Waals surface area contributed by atoms with Crippen LogP contribution in [0.3, 0.4) is 0 Å². The fourth-order valence-electron chi connectivity index (χ4n) is 2.68. The van der Waals surface area contributed by atoms with E-state index in [4.69, 9.17) is 11.6 Å². The molecule has 0 atom stereocenters. The van der Waals surface area contributed by atoms with Crippen LogP contribution >= 0.6 is 11.6 Å². The van der Waals surface area contributed by atoms with E-state index in [1.807, 2.05) is 24.3 Å². The first-order valence-electron chi connectivity index (χ1n) is 9.05. The second kappa shape index (κ2) is 8.45. The van der Waals surface area contributed by atoms with Crippen LogP contribution in [0.25, 0.3) is 0 Å². The number of halogens is 1. The highest BCUT2D eigenvalue weighted by molar-refractivity contribution is 7.92. The van der Waals surface area contributed by atoms with Crippen molar-refractivity contribution in [2.45, 2.75) is 63.7 Å². The Morgan fingerprint density at radius 1 is 1.00 bits per heavy atom. The largest absolute Gasteiger partial charge is 0.278 e. The lowest BCUT2D eigenvalue weighted by Gasteiger charge is -2.20. The average Bonchev–Trinajstić information content (AvgIpc) is 2.56. The summed E-state index contributed by atoms with van der Waals surface area (Å²) in [5.41, 5.74) is 2.56. The molecule has 3 nitrogen and oxygen atoms in total. The van der Waals surface area contributed by atoms with Gasteiger partial charge in [-0.05, 0) is 53.6 Å². The van der Waals surface area contributed by atoms with Crippen molar-refractivity contribution in [2.75, 3.05) is 4.72 Å². The summed E-state index contributed by atoms with van der Waals surface area (Å²) < 4.78 is 27.9. The van der Waals surface area contributed by atoms with E-state index in [9.17, 15) is 8.42 Å². The molecule has 0 heterocycles. The smallest absolute Gasteiger partial charge is 0.261 e. The molecule has 26 heavy (non-hydrogen) atoms. The van der Waals surface area contributed by atoms with Gasteiger partial charge in [0.05, 0.1) is 15.6 Å². The molecule has 0 unspecified atom stereocenters. The van der Waals surface area contributed by atoms with Crippen LogP contribution in [0, 0.1) is 0 Å². The first-order valence-corrected chi connectivity index (χ1v) is 10.9. The summed E-state index contributed by atoms with van der Waals surface area (Å²) >= 11 is 6.30. The Kier molecular flexibility index (Phi) is 6.75. The zero-order valence-electron chi connectivity index (χ0n) is 16.0. The van der Waals surface area contributed by atoms with Crippen LogP contribution in [0.4, 0.5) is 5.69 Å². The molecule has 0 amide bonds. The van der Waals surface area contributed by atoms with Crippen molar-refractivity contribution in [1.29, 1.82) is 0 Å². The van der Waals surface area contributed by atoms with Gasteiger partial charge in [0, 0.05) is 0 Å². The molecule has 0 aliphatic rings. The third-order valence-corrected chi connectivity index (χ3v) is 6.08. The van der Waals surface area contributed by atoms with E-state index in [-0.39, 0.29) is 10.3 Å². The zero-order valence-corrected chi connectivity index (χ0v) is 17.5. The highest BCUT2D eigenvalue weighted by atomic mass is 35.5. The predicted molar refractivity (Wildman–Crippen MR) is 111 cm³/mol. The van der Waals surface area contributed by atoms with Gasteiger partial charge in [0.2, 0.25) is 0 Å². The Hall–Kier alpha value is -1.52. The Morgan fingerprint density at radius 3 is 2.19 bits per heavy atom. The molecule has 0 bridgehead atoms. The standard InChI is InChI=1S/C21H28ClNO2S/c1-5-6-7-8-16-9-12-18(13-10-16)26(24,25)23-20-14-11-17(15-19(20)22)21(2,3)4/h9-15,23H,5-8H2,1-4H3. The molecule has 1 N–H and O–H groups in total. The second-order valence-corrected chi connectivity index (χ2v) is 9.74. The van der Waals surface area contributed by atoms with Crippen LogP contribution in [0.5, 0.6) is 0 Å². The van der Waals surface area contributed by atoms with E-state index < -0.39 is 10.0 Å². The summed E-state index contributed by atoms with van der Waals surface area (Å²) in [4.78, 5) is 0.243. The summed E-state index contributed by atoms with van der Waals surface area (Å²) in [6.45, 7) is 8.43. The average molecular weight is 394 g/mol. The first-order chi connectivity index (χ1) is 12.1. The molecular weight excluding hydrogens is 366 g/mol. The molecule has 0 saturated carbocycles. The molecule has 142 valence electrons. The highest BCUT2D eigenvalue weighted by Crippen LogP contribution is 2.31. The highest BCUT2D eigenvalue weighted by Gasteiger charge is 2.18. The predicted octanol–water partition coefficient (Wildman–Crippen LogP) is 6.17. The Bertz CT molecular complexity index is 837.